The van der Waals surface area contributed by atoms with Crippen LogP contribution in [0, 0.1) is 0 Å². The Bertz CT molecular complexity index is 2450. The average Bonchev–Trinajstić information content (AvgIpc) is 3.25. The van der Waals surface area contributed by atoms with E-state index in [-0.39, 0.29) is 42.0 Å². The first-order valence-electron chi connectivity index (χ1n) is 19.5. The Labute approximate surface area is 371 Å². The third-order valence-corrected chi connectivity index (χ3v) is 15.1. The molecule has 1 amide bonds. The van der Waals surface area contributed by atoms with Gasteiger partial charge in [0.05, 0.1) is 58.5 Å². The molecule has 0 unspecified atom stereocenters. The predicted molar refractivity (Wildman–Crippen MR) is 231 cm³/mol. The van der Waals surface area contributed by atoms with Gasteiger partial charge in [-0.15, -0.1) is 0 Å². The van der Waals surface area contributed by atoms with Gasteiger partial charge in [-0.1, -0.05) is 97.1 Å². The van der Waals surface area contributed by atoms with Gasteiger partial charge in [0, 0.05) is 5.69 Å². The highest BCUT2D eigenvalue weighted by Gasteiger charge is 2.47. The summed E-state index contributed by atoms with van der Waals surface area (Å²) in [5, 5.41) is 8.76. The largest absolute Gasteiger partial charge is 0.416 e. The molecule has 0 fully saturated rings. The van der Waals surface area contributed by atoms with Crippen LogP contribution >= 0.6 is 19.5 Å². The molecule has 0 aliphatic heterocycles. The number of carbonyl (C=O) groups is 1. The first-order chi connectivity index (χ1) is 30.5. The van der Waals surface area contributed by atoms with Crippen molar-refractivity contribution in [2.45, 2.75) is 49.4 Å². The molecule has 0 spiro atoms. The zero-order valence-corrected chi connectivity index (χ0v) is 35.3. The van der Waals surface area contributed by atoms with E-state index in [0.29, 0.717) is 40.4 Å². The zero-order valence-electron chi connectivity index (χ0n) is 33.6. The lowest BCUT2D eigenvalue weighted by Gasteiger charge is -2.33. The summed E-state index contributed by atoms with van der Waals surface area (Å²) >= 11 is 5.37. The van der Waals surface area contributed by atoms with E-state index in [9.17, 15) is 57.5 Å². The van der Waals surface area contributed by atoms with Crippen molar-refractivity contribution in [3.05, 3.63) is 197 Å². The number of rotatable bonds is 13. The summed E-state index contributed by atoms with van der Waals surface area (Å²) in [4.78, 5) is 14.7. The summed E-state index contributed by atoms with van der Waals surface area (Å²) in [6.07, 6.45) is -20.8. The van der Waals surface area contributed by atoms with E-state index >= 15 is 0 Å². The molecule has 2 atom stereocenters. The number of nitrogens with one attached hydrogen (secondary N) is 3. The first kappa shape index (κ1) is 48.5. The summed E-state index contributed by atoms with van der Waals surface area (Å²) in [5.74, 6) is -0.779. The number of anilines is 1. The van der Waals surface area contributed by atoms with Gasteiger partial charge in [0.15, 0.2) is 5.11 Å². The maximum atomic E-state index is 14.7. The van der Waals surface area contributed by atoms with Crippen molar-refractivity contribution in [2.75, 3.05) is 11.5 Å². The molecule has 4 nitrogen and oxygen atoms in total. The molecule has 65 heavy (non-hydrogen) atoms. The second-order valence-electron chi connectivity index (χ2n) is 15.0. The molecule has 6 aromatic rings. The molecule has 0 bridgehead atoms. The van der Waals surface area contributed by atoms with Gasteiger partial charge in [0.25, 0.3) is 0 Å². The van der Waals surface area contributed by atoms with Gasteiger partial charge in [-0.2, -0.15) is 52.7 Å². The van der Waals surface area contributed by atoms with Gasteiger partial charge in [-0.25, -0.2) is 0 Å². The lowest BCUT2D eigenvalue weighted by Crippen LogP contribution is -2.48. The fourth-order valence-electron chi connectivity index (χ4n) is 7.45. The van der Waals surface area contributed by atoms with Crippen LogP contribution in [0.5, 0.6) is 0 Å². The van der Waals surface area contributed by atoms with Crippen molar-refractivity contribution in [1.29, 1.82) is 0 Å². The number of amides is 1. The molecule has 0 radical (unpaired) electrons. The third-order valence-electron chi connectivity index (χ3n) is 10.3. The number of thiocarbonyl (C=S) groups is 1. The lowest BCUT2D eigenvalue weighted by molar-refractivity contribution is -0.144. The number of carbonyl (C=O) groups excluding carboxylic acids is 1. The van der Waals surface area contributed by atoms with E-state index in [1.54, 1.807) is 109 Å². The number of alkyl halides is 12. The summed E-state index contributed by atoms with van der Waals surface area (Å²) < 4.78 is 168. The van der Waals surface area contributed by atoms with Crippen LogP contribution in [0.15, 0.2) is 158 Å². The van der Waals surface area contributed by atoms with Gasteiger partial charge in [0.1, 0.15) is 6.04 Å². The third kappa shape index (κ3) is 12.7. The van der Waals surface area contributed by atoms with Gasteiger partial charge >= 0.3 is 24.7 Å². The second kappa shape index (κ2) is 19.7. The number of benzene rings is 6. The van der Waals surface area contributed by atoms with Gasteiger partial charge in [-0.05, 0) is 96.0 Å². The summed E-state index contributed by atoms with van der Waals surface area (Å²) in [6, 6.07) is 33.6. The highest BCUT2D eigenvalue weighted by Crippen LogP contribution is 2.60. The van der Waals surface area contributed by atoms with Crippen LogP contribution in [0.4, 0.5) is 58.4 Å². The van der Waals surface area contributed by atoms with Crippen LogP contribution in [0.25, 0.3) is 0 Å². The van der Waals surface area contributed by atoms with E-state index in [2.05, 4.69) is 16.0 Å². The highest BCUT2D eigenvalue weighted by atomic mass is 32.1. The summed E-state index contributed by atoms with van der Waals surface area (Å²) in [7, 11) is -3.22. The summed E-state index contributed by atoms with van der Waals surface area (Å²) in [6.45, 7) is 0. The van der Waals surface area contributed by atoms with E-state index in [1.807, 2.05) is 0 Å². The fraction of sp³-hybridized carbons (Fsp3) is 0.191. The topological polar surface area (TPSA) is 53.2 Å². The van der Waals surface area contributed by atoms with E-state index in [1.165, 1.54) is 12.1 Å². The minimum absolute atomic E-state index is 0.0199. The average molecular weight is 951 g/mol. The van der Waals surface area contributed by atoms with Crippen molar-refractivity contribution in [3.8, 4) is 0 Å². The Morgan fingerprint density at radius 1 is 0.508 bits per heavy atom. The smallest absolute Gasteiger partial charge is 0.347 e. The van der Waals surface area contributed by atoms with E-state index in [4.69, 9.17) is 12.2 Å². The molecule has 0 aliphatic rings. The predicted octanol–water partition coefficient (Wildman–Crippen LogP) is 12.4. The van der Waals surface area contributed by atoms with Crippen LogP contribution < -0.4 is 26.6 Å². The second-order valence-corrected chi connectivity index (χ2v) is 19.1. The highest BCUT2D eigenvalue weighted by molar-refractivity contribution is 7.88. The monoisotopic (exact) mass is 950 g/mol. The van der Waals surface area contributed by atoms with E-state index in [0.717, 1.165) is 0 Å². The zero-order chi connectivity index (χ0) is 47.2. The summed E-state index contributed by atoms with van der Waals surface area (Å²) in [5.41, 5.74) is -6.16. The molecule has 6 rings (SSSR count). The van der Waals surface area contributed by atoms with Crippen molar-refractivity contribution in [1.82, 2.24) is 10.6 Å². The normalized spacial score (nSPS) is 13.4. The van der Waals surface area contributed by atoms with Crippen LogP contribution in [-0.2, 0) is 42.1 Å². The Balaban J connectivity index is 1.44. The van der Waals surface area contributed by atoms with Crippen molar-refractivity contribution >= 4 is 46.8 Å². The lowest BCUT2D eigenvalue weighted by atomic mass is 10.0. The molecule has 18 heteroatoms. The number of hydrogen-bond acceptors (Lipinski definition) is 2. The van der Waals surface area contributed by atoms with Crippen LogP contribution in [0.3, 0.4) is 0 Å². The van der Waals surface area contributed by atoms with Crippen LogP contribution in [0.2, 0.25) is 0 Å². The maximum Gasteiger partial charge on any atom is 0.416 e. The molecule has 340 valence electrons. The van der Waals surface area contributed by atoms with E-state index < -0.39 is 83.0 Å². The molecule has 6 aromatic carbocycles. The first-order valence-corrected chi connectivity index (χ1v) is 22.1. The SMILES string of the molecule is O=C(N[C@@H](Cc1ccccc1)C[P+](Cc1cc(C(F)(F)F)cc(C(F)(F)F)c1)(c1ccccc1)c1ccccc1)[C@@H](NC(=S)Nc1cc(C(F)(F)F)cc(C(F)(F)F)c1)c1ccccc1. The van der Waals surface area contributed by atoms with Gasteiger partial charge < -0.3 is 16.0 Å². The molecular formula is C47H37F12N3OPS+. The van der Waals surface area contributed by atoms with Crippen LogP contribution in [0.1, 0.15) is 45.0 Å². The van der Waals surface area contributed by atoms with Gasteiger partial charge in [0.2, 0.25) is 5.91 Å². The quantitative estimate of drug-likeness (QED) is 0.0613. The maximum absolute atomic E-state index is 14.7. The number of hydrogen-bond donors (Lipinski definition) is 3. The molecule has 0 saturated heterocycles. The van der Waals surface area contributed by atoms with Crippen molar-refractivity contribution in [2.24, 2.45) is 0 Å². The van der Waals surface area contributed by atoms with Crippen molar-refractivity contribution in [3.63, 3.8) is 0 Å². The molecule has 0 heterocycles. The Morgan fingerprint density at radius 3 is 1.34 bits per heavy atom. The van der Waals surface area contributed by atoms with Crippen LogP contribution in [-0.4, -0.2) is 23.2 Å². The standard InChI is InChI=1S/C47H36F12N3OPS/c48-44(49,50)33-21-31(22-34(24-33)45(51,52)53)28-64(39-17-9-3-10-18-39,40-19-11-4-12-20-40)29-38(23-30-13-5-1-6-14-30)60-42(63)41(32-15-7-2-8-16-32)62-43(65)61-37-26-35(46(54,55)56)25-36(27-37)47(57,58)59/h1-22,24-27,38,41H,23,28-29H2,(H2-,60,61,62,63,65)/p+1/t38-,41-/m0/s1. The van der Waals surface area contributed by atoms with Crippen molar-refractivity contribution < 1.29 is 57.5 Å². The minimum atomic E-state index is -5.16. The fourth-order valence-corrected chi connectivity index (χ4v) is 12.2. The molecule has 0 aromatic heterocycles. The molecule has 0 aliphatic carbocycles. The van der Waals surface area contributed by atoms with Gasteiger partial charge in [-0.3, -0.25) is 4.79 Å². The minimum Gasteiger partial charge on any atom is -0.347 e. The Hall–Kier alpha value is -5.93. The number of halogens is 12. The molecule has 3 N–H and O–H groups in total. The Morgan fingerprint density at radius 2 is 0.908 bits per heavy atom. The Kier molecular flexibility index (Phi) is 14.7. The molecular weight excluding hydrogens is 914 g/mol. The molecule has 0 saturated carbocycles.